The quantitative estimate of drug-likeness (QED) is 0.838. The molecule has 1 saturated heterocycles. The van der Waals surface area contributed by atoms with Gasteiger partial charge in [-0.3, -0.25) is 14.4 Å². The maximum atomic E-state index is 12.4. The van der Waals surface area contributed by atoms with Gasteiger partial charge in [-0.05, 0) is 30.7 Å². The van der Waals surface area contributed by atoms with E-state index in [4.69, 9.17) is 4.74 Å². The predicted octanol–water partition coefficient (Wildman–Crippen LogP) is 0.958. The lowest BCUT2D eigenvalue weighted by molar-refractivity contribution is -0.145. The molecule has 7 heteroatoms. The van der Waals surface area contributed by atoms with Crippen molar-refractivity contribution in [1.29, 1.82) is 0 Å². The predicted molar refractivity (Wildman–Crippen MR) is 80.7 cm³/mol. The van der Waals surface area contributed by atoms with Crippen molar-refractivity contribution in [3.8, 4) is 0 Å². The summed E-state index contributed by atoms with van der Waals surface area (Å²) in [4.78, 5) is 38.1. The highest BCUT2D eigenvalue weighted by Crippen LogP contribution is 2.23. The lowest BCUT2D eigenvalue weighted by atomic mass is 10.2. The van der Waals surface area contributed by atoms with E-state index in [1.807, 2.05) is 11.4 Å². The number of rotatable bonds is 4. The fourth-order valence-electron chi connectivity index (χ4n) is 2.78. The van der Waals surface area contributed by atoms with Gasteiger partial charge in [-0.1, -0.05) is 0 Å². The topological polar surface area (TPSA) is 75.7 Å². The van der Waals surface area contributed by atoms with E-state index < -0.39 is 5.97 Å². The Morgan fingerprint density at radius 3 is 3.05 bits per heavy atom. The molecule has 2 aliphatic heterocycles. The maximum Gasteiger partial charge on any atom is 0.325 e. The summed E-state index contributed by atoms with van der Waals surface area (Å²) in [6, 6.07) is 1.72. The van der Waals surface area contributed by atoms with E-state index in [2.05, 4.69) is 5.32 Å². The van der Waals surface area contributed by atoms with Crippen LogP contribution in [0.5, 0.6) is 0 Å². The number of nitrogens with one attached hydrogen (secondary N) is 1. The molecule has 2 amide bonds. The van der Waals surface area contributed by atoms with Gasteiger partial charge in [-0.25, -0.2) is 0 Å². The first-order valence-electron chi connectivity index (χ1n) is 7.44. The number of amides is 2. The first kappa shape index (κ1) is 15.0. The van der Waals surface area contributed by atoms with Crippen LogP contribution in [0.25, 0.3) is 0 Å². The molecular formula is C15H18N2O4S. The van der Waals surface area contributed by atoms with E-state index in [1.165, 1.54) is 0 Å². The summed E-state index contributed by atoms with van der Waals surface area (Å²) in [5.41, 5.74) is 0.707. The third-order valence-electron chi connectivity index (χ3n) is 3.95. The highest BCUT2D eigenvalue weighted by Gasteiger charge is 2.26. The second kappa shape index (κ2) is 6.48. The number of ether oxygens (including phenoxy) is 1. The molecule has 1 aromatic heterocycles. The Morgan fingerprint density at radius 2 is 2.27 bits per heavy atom. The van der Waals surface area contributed by atoms with Crippen LogP contribution in [-0.2, 0) is 20.7 Å². The van der Waals surface area contributed by atoms with Gasteiger partial charge in [0.1, 0.15) is 13.2 Å². The molecule has 0 spiro atoms. The smallest absolute Gasteiger partial charge is 0.325 e. The van der Waals surface area contributed by atoms with E-state index in [-0.39, 0.29) is 31.0 Å². The van der Waals surface area contributed by atoms with Crippen molar-refractivity contribution in [2.75, 3.05) is 19.7 Å². The molecule has 0 unspecified atom stereocenters. The first-order chi connectivity index (χ1) is 10.6. The normalized spacial score (nSPS) is 21.3. The molecule has 0 saturated carbocycles. The van der Waals surface area contributed by atoms with Gasteiger partial charge in [0.05, 0.1) is 11.6 Å². The average molecular weight is 322 g/mol. The van der Waals surface area contributed by atoms with E-state index in [0.717, 1.165) is 17.7 Å². The molecule has 0 aromatic carbocycles. The van der Waals surface area contributed by atoms with Gasteiger partial charge in [-0.2, -0.15) is 0 Å². The molecule has 3 rings (SSSR count). The molecule has 1 atom stereocenters. The first-order valence-corrected chi connectivity index (χ1v) is 8.32. The van der Waals surface area contributed by atoms with Crippen molar-refractivity contribution in [2.45, 2.75) is 31.7 Å². The number of nitrogens with zero attached hydrogens (tertiary/aromatic N) is 1. The lowest BCUT2D eigenvalue weighted by Gasteiger charge is -2.20. The third-order valence-corrected chi connectivity index (χ3v) is 4.93. The highest BCUT2D eigenvalue weighted by molar-refractivity contribution is 7.10. The Labute approximate surface area is 132 Å². The van der Waals surface area contributed by atoms with E-state index in [9.17, 15) is 14.4 Å². The van der Waals surface area contributed by atoms with Gasteiger partial charge in [0, 0.05) is 17.8 Å². The molecule has 1 N–H and O–H groups in total. The molecule has 6 nitrogen and oxygen atoms in total. The third kappa shape index (κ3) is 3.30. The SMILES string of the molecule is O=C1CC[C@@H](COC(=O)CN2CCCc3sccc3C2=O)N1. The molecule has 0 radical (unpaired) electrons. The fraction of sp³-hybridized carbons (Fsp3) is 0.533. The number of aryl methyl sites for hydroxylation is 1. The van der Waals surface area contributed by atoms with Crippen LogP contribution in [0.15, 0.2) is 11.4 Å². The Morgan fingerprint density at radius 1 is 1.41 bits per heavy atom. The molecule has 22 heavy (non-hydrogen) atoms. The highest BCUT2D eigenvalue weighted by atomic mass is 32.1. The molecular weight excluding hydrogens is 304 g/mol. The largest absolute Gasteiger partial charge is 0.462 e. The van der Waals surface area contributed by atoms with Crippen LogP contribution in [0.4, 0.5) is 0 Å². The van der Waals surface area contributed by atoms with Crippen molar-refractivity contribution in [2.24, 2.45) is 0 Å². The average Bonchev–Trinajstić information content (AvgIpc) is 3.09. The summed E-state index contributed by atoms with van der Waals surface area (Å²) in [7, 11) is 0. The van der Waals surface area contributed by atoms with Gasteiger partial charge in [0.25, 0.3) is 5.91 Å². The van der Waals surface area contributed by atoms with Gasteiger partial charge in [-0.15, -0.1) is 11.3 Å². The molecule has 1 aromatic rings. The Kier molecular flexibility index (Phi) is 4.42. The van der Waals surface area contributed by atoms with Gasteiger partial charge in [0.15, 0.2) is 0 Å². The fourth-order valence-corrected chi connectivity index (χ4v) is 3.69. The monoisotopic (exact) mass is 322 g/mol. The van der Waals surface area contributed by atoms with E-state index in [0.29, 0.717) is 24.9 Å². The second-order valence-electron chi connectivity index (χ2n) is 5.57. The maximum absolute atomic E-state index is 12.4. The molecule has 3 heterocycles. The van der Waals surface area contributed by atoms with Crippen molar-refractivity contribution < 1.29 is 19.1 Å². The minimum atomic E-state index is -0.423. The Bertz CT molecular complexity index is 598. The zero-order chi connectivity index (χ0) is 15.5. The molecule has 118 valence electrons. The van der Waals surface area contributed by atoms with Crippen LogP contribution in [0.1, 0.15) is 34.5 Å². The van der Waals surface area contributed by atoms with Crippen LogP contribution in [0, 0.1) is 0 Å². The van der Waals surface area contributed by atoms with Crippen LogP contribution >= 0.6 is 11.3 Å². The zero-order valence-electron chi connectivity index (χ0n) is 12.2. The van der Waals surface area contributed by atoms with Crippen LogP contribution in [0.2, 0.25) is 0 Å². The van der Waals surface area contributed by atoms with Crippen LogP contribution in [0.3, 0.4) is 0 Å². The van der Waals surface area contributed by atoms with Crippen molar-refractivity contribution in [1.82, 2.24) is 10.2 Å². The zero-order valence-corrected chi connectivity index (χ0v) is 13.0. The van der Waals surface area contributed by atoms with Gasteiger partial charge >= 0.3 is 5.97 Å². The van der Waals surface area contributed by atoms with Crippen molar-refractivity contribution in [3.63, 3.8) is 0 Å². The Hall–Kier alpha value is -1.89. The van der Waals surface area contributed by atoms with E-state index >= 15 is 0 Å². The summed E-state index contributed by atoms with van der Waals surface area (Å²) in [5, 5.41) is 4.66. The van der Waals surface area contributed by atoms with Crippen molar-refractivity contribution >= 4 is 29.1 Å². The van der Waals surface area contributed by atoms with Gasteiger partial charge < -0.3 is 15.0 Å². The lowest BCUT2D eigenvalue weighted by Crippen LogP contribution is -2.38. The minimum Gasteiger partial charge on any atom is -0.462 e. The number of thiophene rings is 1. The minimum absolute atomic E-state index is 0.00580. The summed E-state index contributed by atoms with van der Waals surface area (Å²) in [5.74, 6) is -0.526. The molecule has 1 fully saturated rings. The Balaban J connectivity index is 1.53. The standard InChI is InChI=1S/C15H18N2O4S/c18-13-4-3-10(16-13)9-21-14(19)8-17-6-1-2-12-11(15(17)20)5-7-22-12/h5,7,10H,1-4,6,8-9H2,(H,16,18)/t10-/m0/s1. The van der Waals surface area contributed by atoms with E-state index in [1.54, 1.807) is 16.2 Å². The molecule has 0 bridgehead atoms. The van der Waals surface area contributed by atoms with Crippen molar-refractivity contribution in [3.05, 3.63) is 21.9 Å². The number of fused-ring (bicyclic) bond motifs is 1. The second-order valence-corrected chi connectivity index (χ2v) is 6.57. The number of hydrogen-bond acceptors (Lipinski definition) is 5. The molecule has 2 aliphatic rings. The summed E-state index contributed by atoms with van der Waals surface area (Å²) in [6.07, 6.45) is 2.89. The summed E-state index contributed by atoms with van der Waals surface area (Å²) in [6.45, 7) is 0.709. The summed E-state index contributed by atoms with van der Waals surface area (Å²) < 4.78 is 5.19. The summed E-state index contributed by atoms with van der Waals surface area (Å²) >= 11 is 1.59. The number of hydrogen-bond donors (Lipinski definition) is 1. The number of carbonyl (C=O) groups is 3. The number of esters is 1. The number of carbonyl (C=O) groups excluding carboxylic acids is 3. The van der Waals surface area contributed by atoms with Crippen LogP contribution < -0.4 is 5.32 Å². The van der Waals surface area contributed by atoms with Crippen LogP contribution in [-0.4, -0.2) is 48.4 Å². The van der Waals surface area contributed by atoms with Gasteiger partial charge in [0.2, 0.25) is 5.91 Å². The molecule has 0 aliphatic carbocycles.